The molecule has 130 valence electrons. The molecule has 2 aromatic carbocycles. The van der Waals surface area contributed by atoms with Gasteiger partial charge in [0.25, 0.3) is 0 Å². The summed E-state index contributed by atoms with van der Waals surface area (Å²) in [5.74, 6) is 0.391. The molecule has 25 heavy (non-hydrogen) atoms. The minimum absolute atomic E-state index is 0.0553. The summed E-state index contributed by atoms with van der Waals surface area (Å²) >= 11 is 8.61. The fraction of sp³-hybridized carbons (Fsp3) is 0.263. The zero-order valence-corrected chi connectivity index (χ0v) is 16.7. The van der Waals surface area contributed by atoms with Crippen molar-refractivity contribution in [2.24, 2.45) is 0 Å². The number of nitrogens with zero attached hydrogens (tertiary/aromatic N) is 2. The molecule has 0 aromatic heterocycles. The van der Waals surface area contributed by atoms with E-state index in [1.165, 1.54) is 11.8 Å². The van der Waals surface area contributed by atoms with Gasteiger partial charge in [-0.1, -0.05) is 60.0 Å². The van der Waals surface area contributed by atoms with Crippen molar-refractivity contribution in [3.05, 3.63) is 48.5 Å². The molecule has 0 spiro atoms. The van der Waals surface area contributed by atoms with Crippen molar-refractivity contribution in [1.29, 1.82) is 0 Å². The van der Waals surface area contributed by atoms with Gasteiger partial charge in [-0.15, -0.1) is 0 Å². The molecular weight excluding hydrogens is 368 g/mol. The molecule has 0 fully saturated rings. The second-order valence-corrected chi connectivity index (χ2v) is 8.19. The van der Waals surface area contributed by atoms with E-state index in [9.17, 15) is 4.79 Å². The van der Waals surface area contributed by atoms with Crippen molar-refractivity contribution in [2.45, 2.75) is 23.6 Å². The molecule has 0 unspecified atom stereocenters. The number of rotatable bonds is 4. The third-order valence-corrected chi connectivity index (χ3v) is 6.66. The summed E-state index contributed by atoms with van der Waals surface area (Å²) in [5, 5.41) is 0. The Kier molecular flexibility index (Phi) is 6.04. The van der Waals surface area contributed by atoms with Crippen LogP contribution in [-0.2, 0) is 4.79 Å². The van der Waals surface area contributed by atoms with Gasteiger partial charge < -0.3 is 4.90 Å². The van der Waals surface area contributed by atoms with Crippen molar-refractivity contribution in [3.63, 3.8) is 0 Å². The summed E-state index contributed by atoms with van der Waals surface area (Å²) in [4.78, 5) is 19.2. The number of thiocarbonyl (C=S) groups is 1. The van der Waals surface area contributed by atoms with Gasteiger partial charge in [-0.2, -0.15) is 0 Å². The van der Waals surface area contributed by atoms with Gasteiger partial charge in [-0.3, -0.25) is 9.69 Å². The first-order chi connectivity index (χ1) is 12.2. The molecule has 1 aliphatic heterocycles. The second-order valence-electron chi connectivity index (χ2n) is 5.49. The molecule has 6 heteroatoms. The van der Waals surface area contributed by atoms with Gasteiger partial charge in [0, 0.05) is 22.9 Å². The van der Waals surface area contributed by atoms with Crippen LogP contribution in [0, 0.1) is 0 Å². The molecule has 0 saturated heterocycles. The minimum atomic E-state index is 0.0553. The van der Waals surface area contributed by atoms with Crippen molar-refractivity contribution >= 4 is 57.3 Å². The first kappa shape index (κ1) is 18.3. The highest BCUT2D eigenvalue weighted by atomic mass is 32.2. The smallest absolute Gasteiger partial charge is 0.242 e. The van der Waals surface area contributed by atoms with Crippen LogP contribution in [0.3, 0.4) is 0 Å². The van der Waals surface area contributed by atoms with Gasteiger partial charge in [0.05, 0.1) is 17.1 Å². The third kappa shape index (κ3) is 3.86. The van der Waals surface area contributed by atoms with Gasteiger partial charge in [0.2, 0.25) is 5.91 Å². The number of carbonyl (C=O) groups excluding carboxylic acids is 1. The molecule has 0 saturated carbocycles. The largest absolute Gasteiger partial charge is 0.358 e. The average Bonchev–Trinajstić information content (AvgIpc) is 2.65. The van der Waals surface area contributed by atoms with Gasteiger partial charge in [-0.05, 0) is 38.1 Å². The molecule has 0 atom stereocenters. The molecule has 0 aliphatic carbocycles. The van der Waals surface area contributed by atoms with Crippen LogP contribution in [0.25, 0.3) is 0 Å². The van der Waals surface area contributed by atoms with Crippen LogP contribution in [0.15, 0.2) is 58.3 Å². The van der Waals surface area contributed by atoms with Crippen LogP contribution in [0.5, 0.6) is 0 Å². The lowest BCUT2D eigenvalue weighted by Gasteiger charge is -2.31. The van der Waals surface area contributed by atoms with Crippen molar-refractivity contribution in [1.82, 2.24) is 4.90 Å². The Morgan fingerprint density at radius 3 is 2.08 bits per heavy atom. The number of fused-ring (bicyclic) bond motifs is 2. The van der Waals surface area contributed by atoms with Crippen LogP contribution >= 0.6 is 35.7 Å². The highest BCUT2D eigenvalue weighted by Crippen LogP contribution is 2.47. The number of hydrogen-bond donors (Lipinski definition) is 0. The van der Waals surface area contributed by atoms with E-state index >= 15 is 0 Å². The number of para-hydroxylation sites is 2. The maximum atomic E-state index is 13.0. The van der Waals surface area contributed by atoms with E-state index in [0.29, 0.717) is 5.75 Å². The van der Waals surface area contributed by atoms with Gasteiger partial charge >= 0.3 is 0 Å². The SMILES string of the molecule is CCN(CC)C(=S)SCC(=O)N1c2ccccc2Sc2ccccc21. The lowest BCUT2D eigenvalue weighted by Crippen LogP contribution is -2.32. The maximum absolute atomic E-state index is 13.0. The van der Waals surface area contributed by atoms with Crippen LogP contribution < -0.4 is 4.90 Å². The molecule has 0 N–H and O–H groups in total. The molecule has 3 rings (SSSR count). The molecule has 1 amide bonds. The molecule has 1 heterocycles. The zero-order valence-electron chi connectivity index (χ0n) is 14.3. The van der Waals surface area contributed by atoms with E-state index < -0.39 is 0 Å². The fourth-order valence-electron chi connectivity index (χ4n) is 2.73. The number of thioether (sulfide) groups is 1. The van der Waals surface area contributed by atoms with E-state index in [1.54, 1.807) is 11.8 Å². The number of anilines is 2. The summed E-state index contributed by atoms with van der Waals surface area (Å²) in [7, 11) is 0. The highest BCUT2D eigenvalue weighted by molar-refractivity contribution is 8.23. The van der Waals surface area contributed by atoms with Crippen molar-refractivity contribution in [2.75, 3.05) is 23.7 Å². The van der Waals surface area contributed by atoms with Gasteiger partial charge in [0.1, 0.15) is 4.32 Å². The number of benzene rings is 2. The number of hydrogen-bond acceptors (Lipinski definition) is 4. The Hall–Kier alpha value is -1.50. The molecule has 0 bridgehead atoms. The van der Waals surface area contributed by atoms with E-state index in [1.807, 2.05) is 41.3 Å². The first-order valence-electron chi connectivity index (χ1n) is 8.26. The zero-order chi connectivity index (χ0) is 17.8. The average molecular weight is 389 g/mol. The van der Waals surface area contributed by atoms with Crippen LogP contribution in [0.2, 0.25) is 0 Å². The monoisotopic (exact) mass is 388 g/mol. The normalized spacial score (nSPS) is 12.3. The van der Waals surface area contributed by atoms with E-state index in [-0.39, 0.29) is 5.91 Å². The Labute approximate surface area is 162 Å². The lowest BCUT2D eigenvalue weighted by atomic mass is 10.2. The van der Waals surface area contributed by atoms with Crippen molar-refractivity contribution in [3.8, 4) is 0 Å². The summed E-state index contributed by atoms with van der Waals surface area (Å²) in [5.41, 5.74) is 1.90. The molecule has 2 aromatic rings. The standard InChI is InChI=1S/C19H20N2OS3/c1-3-20(4-2)19(23)24-13-18(22)21-14-9-5-7-11-16(14)25-17-12-8-6-10-15(17)21/h5-12H,3-4,13H2,1-2H3. The maximum Gasteiger partial charge on any atom is 0.242 e. The third-order valence-electron chi connectivity index (χ3n) is 4.02. The predicted octanol–water partition coefficient (Wildman–Crippen LogP) is 5.18. The molecule has 1 aliphatic rings. The van der Waals surface area contributed by atoms with Crippen LogP contribution in [0.4, 0.5) is 11.4 Å². The number of amides is 1. The van der Waals surface area contributed by atoms with E-state index in [0.717, 1.165) is 38.6 Å². The Morgan fingerprint density at radius 1 is 1.04 bits per heavy atom. The summed E-state index contributed by atoms with van der Waals surface area (Å²) < 4.78 is 0.784. The Balaban J connectivity index is 1.84. The summed E-state index contributed by atoms with van der Waals surface area (Å²) in [6.45, 7) is 5.88. The quantitative estimate of drug-likeness (QED) is 0.672. The van der Waals surface area contributed by atoms with E-state index in [4.69, 9.17) is 12.2 Å². The molecule has 3 nitrogen and oxygen atoms in total. The van der Waals surface area contributed by atoms with Crippen LogP contribution in [-0.4, -0.2) is 34.0 Å². The number of carbonyl (C=O) groups is 1. The lowest BCUT2D eigenvalue weighted by molar-refractivity contribution is -0.115. The molecular formula is C19H20N2OS3. The Morgan fingerprint density at radius 2 is 1.56 bits per heavy atom. The second kappa shape index (κ2) is 8.25. The summed E-state index contributed by atoms with van der Waals surface area (Å²) in [6, 6.07) is 16.1. The highest BCUT2D eigenvalue weighted by Gasteiger charge is 2.28. The first-order valence-corrected chi connectivity index (χ1v) is 10.5. The van der Waals surface area contributed by atoms with Crippen molar-refractivity contribution < 1.29 is 4.79 Å². The van der Waals surface area contributed by atoms with E-state index in [2.05, 4.69) is 30.9 Å². The molecule has 0 radical (unpaired) electrons. The van der Waals surface area contributed by atoms with Gasteiger partial charge in [0.15, 0.2) is 0 Å². The topological polar surface area (TPSA) is 23.6 Å². The Bertz CT molecular complexity index is 744. The fourth-order valence-corrected chi connectivity index (χ4v) is 5.04. The minimum Gasteiger partial charge on any atom is -0.358 e. The summed E-state index contributed by atoms with van der Waals surface area (Å²) in [6.07, 6.45) is 0. The van der Waals surface area contributed by atoms with Gasteiger partial charge in [-0.25, -0.2) is 0 Å². The predicted molar refractivity (Wildman–Crippen MR) is 112 cm³/mol. The van der Waals surface area contributed by atoms with Crippen LogP contribution in [0.1, 0.15) is 13.8 Å².